The number of piperidine rings is 1. The van der Waals surface area contributed by atoms with Crippen LogP contribution in [0, 0.1) is 5.92 Å². The number of fused-ring (bicyclic) bond motifs is 1. The largest absolute Gasteiger partial charge is 0.489 e. The monoisotopic (exact) mass is 435 g/mol. The summed E-state index contributed by atoms with van der Waals surface area (Å²) in [6.45, 7) is 1.65. The van der Waals surface area contributed by atoms with E-state index in [0.717, 1.165) is 37.3 Å². The molecule has 0 unspecified atom stereocenters. The van der Waals surface area contributed by atoms with Gasteiger partial charge in [-0.1, -0.05) is 12.1 Å². The van der Waals surface area contributed by atoms with Crippen molar-refractivity contribution in [2.24, 2.45) is 5.92 Å². The lowest BCUT2D eigenvalue weighted by molar-refractivity contribution is -0.142. The number of benzene rings is 1. The highest BCUT2D eigenvalue weighted by Gasteiger charge is 2.35. The fraction of sp³-hybridized carbons (Fsp3) is 0.571. The van der Waals surface area contributed by atoms with E-state index in [1.54, 1.807) is 24.3 Å². The number of carbonyl (C=O) groups is 3. The van der Waals surface area contributed by atoms with Crippen LogP contribution < -0.4 is 20.3 Å². The number of ether oxygens (including phenoxy) is 2. The van der Waals surface area contributed by atoms with Crippen LogP contribution in [0.5, 0.6) is 5.75 Å². The highest BCUT2D eigenvalue weighted by Crippen LogP contribution is 2.31. The minimum absolute atomic E-state index is 0.101. The zero-order valence-electron chi connectivity index (χ0n) is 17.3. The number of nitrogens with one attached hydrogen (secondary N) is 2. The van der Waals surface area contributed by atoms with E-state index < -0.39 is 36.5 Å². The number of hydrogen-bond acceptors (Lipinski definition) is 7. The Balaban J connectivity index is 1.60. The van der Waals surface area contributed by atoms with Crippen molar-refractivity contribution in [3.8, 4) is 5.75 Å². The quantitative estimate of drug-likeness (QED) is 0.383. The van der Waals surface area contributed by atoms with Crippen LogP contribution in [0.15, 0.2) is 24.3 Å². The summed E-state index contributed by atoms with van der Waals surface area (Å²) in [6.07, 6.45) is 3.02. The van der Waals surface area contributed by atoms with Gasteiger partial charge in [0.1, 0.15) is 31.0 Å². The third-order valence-corrected chi connectivity index (χ3v) is 5.53. The summed E-state index contributed by atoms with van der Waals surface area (Å²) >= 11 is 0. The molecule has 170 valence electrons. The summed E-state index contributed by atoms with van der Waals surface area (Å²) in [4.78, 5) is 37.1. The molecule has 0 aromatic heterocycles. The minimum atomic E-state index is -1.18. The number of hydrogen-bond donors (Lipinski definition) is 4. The Morgan fingerprint density at radius 3 is 2.71 bits per heavy atom. The molecule has 1 aromatic rings. The van der Waals surface area contributed by atoms with Gasteiger partial charge in [0, 0.05) is 6.61 Å². The topological polar surface area (TPSA) is 137 Å². The molecule has 31 heavy (non-hydrogen) atoms. The SMILES string of the molecule is O=C(O)CN1C(=O)[C@@H](N[C@H](COCCC2CCNCC2)C(=O)O)COc2ccccc21. The van der Waals surface area contributed by atoms with E-state index in [4.69, 9.17) is 9.47 Å². The number of carbonyl (C=O) groups excluding carboxylic acids is 1. The first-order chi connectivity index (χ1) is 15.0. The lowest BCUT2D eigenvalue weighted by Crippen LogP contribution is -2.55. The van der Waals surface area contributed by atoms with Crippen LogP contribution in [0.1, 0.15) is 19.3 Å². The molecule has 1 aromatic carbocycles. The Kier molecular flexibility index (Phi) is 8.21. The Morgan fingerprint density at radius 1 is 1.26 bits per heavy atom. The molecule has 2 aliphatic heterocycles. The molecular weight excluding hydrogens is 406 g/mol. The van der Waals surface area contributed by atoms with Crippen LogP contribution in [0.3, 0.4) is 0 Å². The minimum Gasteiger partial charge on any atom is -0.489 e. The van der Waals surface area contributed by atoms with Crippen LogP contribution in [0.2, 0.25) is 0 Å². The maximum absolute atomic E-state index is 13.0. The van der Waals surface area contributed by atoms with Crippen molar-refractivity contribution in [2.45, 2.75) is 31.3 Å². The maximum Gasteiger partial charge on any atom is 0.323 e. The summed E-state index contributed by atoms with van der Waals surface area (Å²) < 4.78 is 11.3. The lowest BCUT2D eigenvalue weighted by atomic mass is 9.95. The Hall–Kier alpha value is -2.69. The summed E-state index contributed by atoms with van der Waals surface area (Å²) in [5, 5.41) is 24.9. The van der Waals surface area contributed by atoms with Crippen molar-refractivity contribution in [2.75, 3.05) is 44.4 Å². The standard InChI is InChI=1S/C21H29N3O7/c25-19(26)11-24-17-3-1-2-4-18(17)31-13-15(20(24)27)23-16(21(28)29)12-30-10-7-14-5-8-22-9-6-14/h1-4,14-16,22-23H,5-13H2,(H,25,26)(H,28,29)/t15-,16+/m0/s1. The van der Waals surface area contributed by atoms with Crippen LogP contribution in [-0.4, -0.2) is 79.6 Å². The average molecular weight is 435 g/mol. The zero-order valence-corrected chi connectivity index (χ0v) is 17.3. The number of aliphatic carboxylic acids is 2. The van der Waals surface area contributed by atoms with Crippen molar-refractivity contribution in [1.29, 1.82) is 0 Å². The molecule has 2 heterocycles. The molecule has 1 amide bonds. The van der Waals surface area contributed by atoms with Crippen molar-refractivity contribution in [3.63, 3.8) is 0 Å². The lowest BCUT2D eigenvalue weighted by Gasteiger charge is -2.26. The number of carboxylic acids is 2. The molecule has 0 aliphatic carbocycles. The van der Waals surface area contributed by atoms with Gasteiger partial charge in [-0.15, -0.1) is 0 Å². The van der Waals surface area contributed by atoms with E-state index in [-0.39, 0.29) is 13.2 Å². The third-order valence-electron chi connectivity index (χ3n) is 5.53. The number of para-hydroxylation sites is 2. The first-order valence-electron chi connectivity index (χ1n) is 10.5. The molecule has 2 atom stereocenters. The molecule has 3 rings (SSSR count). The molecule has 10 nitrogen and oxygen atoms in total. The van der Waals surface area contributed by atoms with E-state index in [1.165, 1.54) is 0 Å². The Bertz CT molecular complexity index is 782. The van der Waals surface area contributed by atoms with E-state index in [0.29, 0.717) is 24.0 Å². The number of nitrogens with zero attached hydrogens (tertiary/aromatic N) is 1. The molecule has 0 spiro atoms. The fourth-order valence-corrected chi connectivity index (χ4v) is 3.83. The smallest absolute Gasteiger partial charge is 0.323 e. The molecular formula is C21H29N3O7. The van der Waals surface area contributed by atoms with Gasteiger partial charge in [-0.3, -0.25) is 24.6 Å². The molecule has 2 aliphatic rings. The van der Waals surface area contributed by atoms with Crippen LogP contribution in [-0.2, 0) is 19.1 Å². The number of carboxylic acid groups (broad SMARTS) is 2. The van der Waals surface area contributed by atoms with Crippen molar-refractivity contribution in [1.82, 2.24) is 10.6 Å². The van der Waals surface area contributed by atoms with Gasteiger partial charge in [0.15, 0.2) is 0 Å². The second-order valence-electron chi connectivity index (χ2n) is 7.76. The van der Waals surface area contributed by atoms with Crippen molar-refractivity contribution < 1.29 is 34.1 Å². The molecule has 0 saturated carbocycles. The summed E-state index contributed by atoms with van der Waals surface area (Å²) in [7, 11) is 0. The van der Waals surface area contributed by atoms with Gasteiger partial charge >= 0.3 is 11.9 Å². The molecule has 1 saturated heterocycles. The second-order valence-corrected chi connectivity index (χ2v) is 7.76. The summed E-state index contributed by atoms with van der Waals surface area (Å²) in [5.41, 5.74) is 0.337. The van der Waals surface area contributed by atoms with Crippen LogP contribution in [0.25, 0.3) is 0 Å². The summed E-state index contributed by atoms with van der Waals surface area (Å²) in [6, 6.07) is 4.47. The van der Waals surface area contributed by atoms with Crippen LogP contribution >= 0.6 is 0 Å². The average Bonchev–Trinajstić information content (AvgIpc) is 2.88. The van der Waals surface area contributed by atoms with Crippen LogP contribution in [0.4, 0.5) is 5.69 Å². The third kappa shape index (κ3) is 6.39. The van der Waals surface area contributed by atoms with Gasteiger partial charge in [0.25, 0.3) is 0 Å². The van der Waals surface area contributed by atoms with E-state index in [9.17, 15) is 24.6 Å². The van der Waals surface area contributed by atoms with Gasteiger partial charge in [0.05, 0.1) is 12.3 Å². The fourth-order valence-electron chi connectivity index (χ4n) is 3.83. The Morgan fingerprint density at radius 2 is 2.00 bits per heavy atom. The summed E-state index contributed by atoms with van der Waals surface area (Å²) in [5.74, 6) is -1.96. The molecule has 1 fully saturated rings. The van der Waals surface area contributed by atoms with Gasteiger partial charge in [-0.05, 0) is 50.4 Å². The highest BCUT2D eigenvalue weighted by atomic mass is 16.5. The molecule has 0 bridgehead atoms. The van der Waals surface area contributed by atoms with Gasteiger partial charge < -0.3 is 25.0 Å². The predicted octanol–water partition coefficient (Wildman–Crippen LogP) is 0.314. The second kappa shape index (κ2) is 11.1. The predicted molar refractivity (Wildman–Crippen MR) is 111 cm³/mol. The molecule has 10 heteroatoms. The van der Waals surface area contributed by atoms with Gasteiger partial charge in [0.2, 0.25) is 5.91 Å². The number of rotatable bonds is 10. The highest BCUT2D eigenvalue weighted by molar-refractivity contribution is 6.02. The van der Waals surface area contributed by atoms with Gasteiger partial charge in [-0.2, -0.15) is 0 Å². The van der Waals surface area contributed by atoms with E-state index in [2.05, 4.69) is 10.6 Å². The van der Waals surface area contributed by atoms with E-state index in [1.807, 2.05) is 0 Å². The van der Waals surface area contributed by atoms with E-state index >= 15 is 0 Å². The molecule has 4 N–H and O–H groups in total. The number of amides is 1. The zero-order chi connectivity index (χ0) is 22.2. The number of anilines is 1. The first kappa shape index (κ1) is 23.0. The van der Waals surface area contributed by atoms with Crippen molar-refractivity contribution >= 4 is 23.5 Å². The first-order valence-corrected chi connectivity index (χ1v) is 10.5. The normalized spacial score (nSPS) is 20.5. The van der Waals surface area contributed by atoms with Crippen molar-refractivity contribution in [3.05, 3.63) is 24.3 Å². The molecule has 0 radical (unpaired) electrons. The maximum atomic E-state index is 13.0. The Labute approximate surface area is 180 Å². The van der Waals surface area contributed by atoms with Gasteiger partial charge in [-0.25, -0.2) is 0 Å².